The highest BCUT2D eigenvalue weighted by Gasteiger charge is 2.07. The van der Waals surface area contributed by atoms with Gasteiger partial charge in [0.2, 0.25) is 0 Å². The summed E-state index contributed by atoms with van der Waals surface area (Å²) in [6.07, 6.45) is 3.62. The maximum absolute atomic E-state index is 12.3. The van der Waals surface area contributed by atoms with Crippen molar-refractivity contribution in [2.24, 2.45) is 0 Å². The van der Waals surface area contributed by atoms with E-state index in [-0.39, 0.29) is 6.03 Å². The number of benzene rings is 3. The van der Waals surface area contributed by atoms with E-state index in [0.29, 0.717) is 0 Å². The summed E-state index contributed by atoms with van der Waals surface area (Å²) in [5.74, 6) is 0. The van der Waals surface area contributed by atoms with Gasteiger partial charge in [-0.15, -0.1) is 0 Å². The Kier molecular flexibility index (Phi) is 4.35. The standard InChI is InChI=1S/C23H18N2O/c26-23(24-22-9-5-2-6-10-22)25-16-15-21(17-25)20-13-11-19(12-14-20)18-7-3-1-4-8-18/h1-17H,(H,24,26). The first-order valence-corrected chi connectivity index (χ1v) is 8.50. The first-order chi connectivity index (χ1) is 12.8. The van der Waals surface area contributed by atoms with Crippen LogP contribution in [0.5, 0.6) is 0 Å². The lowest BCUT2D eigenvalue weighted by atomic mass is 10.0. The Morgan fingerprint density at radius 1 is 0.615 bits per heavy atom. The van der Waals surface area contributed by atoms with E-state index in [2.05, 4.69) is 41.7 Å². The average molecular weight is 338 g/mol. The number of hydrogen-bond donors (Lipinski definition) is 1. The lowest BCUT2D eigenvalue weighted by molar-refractivity contribution is 0.253. The summed E-state index contributed by atoms with van der Waals surface area (Å²) < 4.78 is 1.56. The molecule has 0 radical (unpaired) electrons. The second-order valence-electron chi connectivity index (χ2n) is 6.05. The summed E-state index contributed by atoms with van der Waals surface area (Å²) in [7, 11) is 0. The second kappa shape index (κ2) is 7.11. The van der Waals surface area contributed by atoms with Gasteiger partial charge in [0, 0.05) is 18.1 Å². The van der Waals surface area contributed by atoms with Gasteiger partial charge in [-0.05, 0) is 40.5 Å². The van der Waals surface area contributed by atoms with Crippen LogP contribution in [0.15, 0.2) is 103 Å². The Morgan fingerprint density at radius 2 is 1.15 bits per heavy atom. The normalized spacial score (nSPS) is 10.5. The second-order valence-corrected chi connectivity index (χ2v) is 6.05. The summed E-state index contributed by atoms with van der Waals surface area (Å²) in [6, 6.07) is 29.9. The number of amides is 1. The molecule has 0 saturated carbocycles. The molecule has 1 heterocycles. The molecule has 126 valence electrons. The fourth-order valence-corrected chi connectivity index (χ4v) is 2.89. The minimum atomic E-state index is -0.177. The van der Waals surface area contributed by atoms with Crippen molar-refractivity contribution in [2.75, 3.05) is 5.32 Å². The number of para-hydroxylation sites is 1. The van der Waals surface area contributed by atoms with Crippen molar-refractivity contribution in [1.29, 1.82) is 0 Å². The lowest BCUT2D eigenvalue weighted by Crippen LogP contribution is -2.17. The molecule has 0 unspecified atom stereocenters. The van der Waals surface area contributed by atoms with Crippen molar-refractivity contribution < 1.29 is 4.79 Å². The zero-order valence-electron chi connectivity index (χ0n) is 14.2. The molecule has 0 spiro atoms. The number of carbonyl (C=O) groups excluding carboxylic acids is 1. The van der Waals surface area contributed by atoms with Crippen molar-refractivity contribution >= 4 is 11.7 Å². The van der Waals surface area contributed by atoms with E-state index in [9.17, 15) is 4.79 Å². The van der Waals surface area contributed by atoms with Crippen molar-refractivity contribution in [3.05, 3.63) is 103 Å². The molecular formula is C23H18N2O. The number of aromatic nitrogens is 1. The van der Waals surface area contributed by atoms with Crippen LogP contribution in [-0.2, 0) is 0 Å². The van der Waals surface area contributed by atoms with Gasteiger partial charge >= 0.3 is 6.03 Å². The monoisotopic (exact) mass is 338 g/mol. The summed E-state index contributed by atoms with van der Waals surface area (Å²) in [6.45, 7) is 0. The van der Waals surface area contributed by atoms with Crippen LogP contribution in [0.25, 0.3) is 22.3 Å². The molecular weight excluding hydrogens is 320 g/mol. The Balaban J connectivity index is 1.52. The highest BCUT2D eigenvalue weighted by molar-refractivity contribution is 5.91. The van der Waals surface area contributed by atoms with Crippen LogP contribution in [0.2, 0.25) is 0 Å². The van der Waals surface area contributed by atoms with E-state index >= 15 is 0 Å². The molecule has 0 bridgehead atoms. The zero-order chi connectivity index (χ0) is 17.8. The van der Waals surface area contributed by atoms with Gasteiger partial charge in [0.25, 0.3) is 0 Å². The van der Waals surface area contributed by atoms with Gasteiger partial charge in [-0.2, -0.15) is 0 Å². The first kappa shape index (κ1) is 15.9. The van der Waals surface area contributed by atoms with Crippen LogP contribution in [-0.4, -0.2) is 10.6 Å². The maximum atomic E-state index is 12.3. The molecule has 0 aliphatic rings. The Hall–Kier alpha value is -3.59. The Bertz CT molecular complexity index is 1000. The Labute approximate surface area is 152 Å². The maximum Gasteiger partial charge on any atom is 0.329 e. The van der Waals surface area contributed by atoms with Crippen molar-refractivity contribution in [3.63, 3.8) is 0 Å². The summed E-state index contributed by atoms with van der Waals surface area (Å²) in [5, 5.41) is 2.88. The summed E-state index contributed by atoms with van der Waals surface area (Å²) in [4.78, 5) is 12.3. The predicted octanol–water partition coefficient (Wildman–Crippen LogP) is 5.90. The lowest BCUT2D eigenvalue weighted by Gasteiger charge is -2.05. The van der Waals surface area contributed by atoms with Gasteiger partial charge < -0.3 is 5.32 Å². The van der Waals surface area contributed by atoms with Crippen LogP contribution in [0, 0.1) is 0 Å². The van der Waals surface area contributed by atoms with E-state index < -0.39 is 0 Å². The third-order valence-electron chi connectivity index (χ3n) is 4.28. The first-order valence-electron chi connectivity index (χ1n) is 8.50. The molecule has 1 N–H and O–H groups in total. The van der Waals surface area contributed by atoms with Gasteiger partial charge in [0.1, 0.15) is 0 Å². The SMILES string of the molecule is O=C(Nc1ccccc1)n1ccc(-c2ccc(-c3ccccc3)cc2)c1. The molecule has 0 fully saturated rings. The van der Waals surface area contributed by atoms with E-state index in [1.807, 2.05) is 60.8 Å². The van der Waals surface area contributed by atoms with Crippen LogP contribution in [0.1, 0.15) is 0 Å². The number of hydrogen-bond acceptors (Lipinski definition) is 1. The molecule has 0 saturated heterocycles. The molecule has 0 aliphatic heterocycles. The third kappa shape index (κ3) is 3.42. The molecule has 3 aromatic carbocycles. The highest BCUT2D eigenvalue weighted by Crippen LogP contribution is 2.25. The van der Waals surface area contributed by atoms with Gasteiger partial charge in [-0.25, -0.2) is 4.79 Å². The average Bonchev–Trinajstić information content (AvgIpc) is 3.20. The molecule has 3 nitrogen and oxygen atoms in total. The van der Waals surface area contributed by atoms with Crippen LogP contribution < -0.4 is 5.32 Å². The van der Waals surface area contributed by atoms with Crippen molar-refractivity contribution in [2.45, 2.75) is 0 Å². The molecule has 4 aromatic rings. The highest BCUT2D eigenvalue weighted by atomic mass is 16.2. The smallest absolute Gasteiger partial charge is 0.307 e. The van der Waals surface area contributed by atoms with Gasteiger partial charge in [-0.1, -0.05) is 72.8 Å². The van der Waals surface area contributed by atoms with Gasteiger partial charge in [0.15, 0.2) is 0 Å². The number of carbonyl (C=O) groups is 1. The molecule has 4 rings (SSSR count). The fraction of sp³-hybridized carbons (Fsp3) is 0. The van der Waals surface area contributed by atoms with E-state index in [0.717, 1.165) is 16.8 Å². The molecule has 0 atom stereocenters. The largest absolute Gasteiger partial charge is 0.329 e. The number of anilines is 1. The van der Waals surface area contributed by atoms with E-state index in [1.165, 1.54) is 11.1 Å². The number of rotatable bonds is 3. The molecule has 1 aromatic heterocycles. The number of nitrogens with zero attached hydrogens (tertiary/aromatic N) is 1. The fourth-order valence-electron chi connectivity index (χ4n) is 2.89. The van der Waals surface area contributed by atoms with Gasteiger partial charge in [-0.3, -0.25) is 4.57 Å². The van der Waals surface area contributed by atoms with E-state index in [1.54, 1.807) is 10.8 Å². The van der Waals surface area contributed by atoms with Gasteiger partial charge in [0.05, 0.1) is 0 Å². The van der Waals surface area contributed by atoms with Crippen LogP contribution in [0.3, 0.4) is 0 Å². The summed E-state index contributed by atoms with van der Waals surface area (Å²) in [5.41, 5.74) is 5.23. The molecule has 1 amide bonds. The topological polar surface area (TPSA) is 34.0 Å². The van der Waals surface area contributed by atoms with E-state index in [4.69, 9.17) is 0 Å². The number of nitrogens with one attached hydrogen (secondary N) is 1. The van der Waals surface area contributed by atoms with Crippen molar-refractivity contribution in [1.82, 2.24) is 4.57 Å². The minimum absolute atomic E-state index is 0.177. The molecule has 0 aliphatic carbocycles. The molecule has 3 heteroatoms. The van der Waals surface area contributed by atoms with Crippen molar-refractivity contribution in [3.8, 4) is 22.3 Å². The molecule has 26 heavy (non-hydrogen) atoms. The third-order valence-corrected chi connectivity index (χ3v) is 4.28. The van der Waals surface area contributed by atoms with Crippen LogP contribution in [0.4, 0.5) is 10.5 Å². The predicted molar refractivity (Wildman–Crippen MR) is 106 cm³/mol. The minimum Gasteiger partial charge on any atom is -0.307 e. The quantitative estimate of drug-likeness (QED) is 0.495. The van der Waals surface area contributed by atoms with Crippen LogP contribution >= 0.6 is 0 Å². The zero-order valence-corrected chi connectivity index (χ0v) is 14.2. The summed E-state index contributed by atoms with van der Waals surface area (Å²) >= 11 is 0. The Morgan fingerprint density at radius 3 is 1.81 bits per heavy atom.